The number of amides is 1. The molecule has 3 rings (SSSR count). The van der Waals surface area contributed by atoms with Crippen LogP contribution in [0.1, 0.15) is 10.4 Å². The van der Waals surface area contributed by atoms with E-state index in [1.54, 1.807) is 19.2 Å². The largest absolute Gasteiger partial charge is 0.495 e. The van der Waals surface area contributed by atoms with E-state index < -0.39 is 0 Å². The molecule has 0 unspecified atom stereocenters. The number of ether oxygens (including phenoxy) is 1. The van der Waals surface area contributed by atoms with Gasteiger partial charge < -0.3 is 10.1 Å². The molecule has 126 valence electrons. The summed E-state index contributed by atoms with van der Waals surface area (Å²) in [5.41, 5.74) is 8.71. The molecule has 0 fully saturated rings. The van der Waals surface area contributed by atoms with Crippen LogP contribution >= 0.6 is 0 Å². The standard InChI is InChI=1S/C20H19N3O2/c1-25-19-10-6-5-9-18(19)22-23-20(24)15-11-13-17(14-12-15)21-16-7-3-2-4-8-16/h2-14,21-22H,1H3,(H,23,24). The van der Waals surface area contributed by atoms with Gasteiger partial charge in [-0.2, -0.15) is 0 Å². The molecule has 0 spiro atoms. The van der Waals surface area contributed by atoms with E-state index in [2.05, 4.69) is 16.2 Å². The lowest BCUT2D eigenvalue weighted by Gasteiger charge is -2.12. The van der Waals surface area contributed by atoms with Gasteiger partial charge in [0.15, 0.2) is 0 Å². The van der Waals surface area contributed by atoms with Gasteiger partial charge in [0, 0.05) is 16.9 Å². The van der Waals surface area contributed by atoms with E-state index in [1.807, 2.05) is 66.7 Å². The van der Waals surface area contributed by atoms with E-state index in [-0.39, 0.29) is 5.91 Å². The van der Waals surface area contributed by atoms with Crippen LogP contribution in [0.4, 0.5) is 17.1 Å². The Morgan fingerprint density at radius 3 is 2.16 bits per heavy atom. The minimum atomic E-state index is -0.225. The number of hydrazine groups is 1. The minimum absolute atomic E-state index is 0.225. The number of carbonyl (C=O) groups is 1. The van der Waals surface area contributed by atoms with Crippen molar-refractivity contribution < 1.29 is 9.53 Å². The van der Waals surface area contributed by atoms with Crippen molar-refractivity contribution in [3.8, 4) is 5.75 Å². The molecule has 0 heterocycles. The molecule has 0 bridgehead atoms. The van der Waals surface area contributed by atoms with Crippen LogP contribution in [0.2, 0.25) is 0 Å². The second kappa shape index (κ2) is 7.88. The molecule has 5 nitrogen and oxygen atoms in total. The van der Waals surface area contributed by atoms with E-state index in [0.717, 1.165) is 11.4 Å². The molecule has 0 atom stereocenters. The maximum absolute atomic E-state index is 12.3. The lowest BCUT2D eigenvalue weighted by Crippen LogP contribution is -2.29. The normalized spacial score (nSPS) is 9.96. The predicted octanol–water partition coefficient (Wildman–Crippen LogP) is 4.20. The van der Waals surface area contributed by atoms with Gasteiger partial charge in [-0.1, -0.05) is 30.3 Å². The van der Waals surface area contributed by atoms with Gasteiger partial charge in [0.25, 0.3) is 5.91 Å². The summed E-state index contributed by atoms with van der Waals surface area (Å²) in [4.78, 5) is 12.3. The summed E-state index contributed by atoms with van der Waals surface area (Å²) < 4.78 is 5.23. The van der Waals surface area contributed by atoms with Crippen molar-refractivity contribution in [2.24, 2.45) is 0 Å². The number of hydrogen-bond acceptors (Lipinski definition) is 4. The van der Waals surface area contributed by atoms with E-state index in [0.29, 0.717) is 17.0 Å². The maximum Gasteiger partial charge on any atom is 0.269 e. The van der Waals surface area contributed by atoms with Gasteiger partial charge in [-0.05, 0) is 48.5 Å². The van der Waals surface area contributed by atoms with Gasteiger partial charge in [0.05, 0.1) is 12.8 Å². The first-order chi connectivity index (χ1) is 12.3. The average Bonchev–Trinajstić information content (AvgIpc) is 2.67. The van der Waals surface area contributed by atoms with Crippen LogP contribution in [0.15, 0.2) is 78.9 Å². The number of benzene rings is 3. The summed E-state index contributed by atoms with van der Waals surface area (Å²) in [5, 5.41) is 3.28. The third-order valence-corrected chi connectivity index (χ3v) is 3.63. The highest BCUT2D eigenvalue weighted by molar-refractivity contribution is 5.95. The van der Waals surface area contributed by atoms with Crippen LogP contribution in [0.3, 0.4) is 0 Å². The van der Waals surface area contributed by atoms with Crippen molar-refractivity contribution in [1.82, 2.24) is 5.43 Å². The number of para-hydroxylation sites is 3. The summed E-state index contributed by atoms with van der Waals surface area (Å²) in [6.07, 6.45) is 0. The third kappa shape index (κ3) is 4.29. The molecule has 0 aliphatic heterocycles. The minimum Gasteiger partial charge on any atom is -0.495 e. The smallest absolute Gasteiger partial charge is 0.269 e. The van der Waals surface area contributed by atoms with Crippen LogP contribution in [-0.2, 0) is 0 Å². The van der Waals surface area contributed by atoms with Crippen molar-refractivity contribution in [3.05, 3.63) is 84.4 Å². The Labute approximate surface area is 146 Å². The van der Waals surface area contributed by atoms with Crippen LogP contribution in [-0.4, -0.2) is 13.0 Å². The second-order valence-corrected chi connectivity index (χ2v) is 5.35. The lowest BCUT2D eigenvalue weighted by molar-refractivity contribution is 0.0962. The molecule has 0 aromatic heterocycles. The Hall–Kier alpha value is -3.47. The van der Waals surface area contributed by atoms with Crippen molar-refractivity contribution >= 4 is 23.0 Å². The zero-order chi connectivity index (χ0) is 17.5. The molecule has 0 radical (unpaired) electrons. The molecule has 3 aromatic rings. The van der Waals surface area contributed by atoms with Crippen molar-refractivity contribution in [3.63, 3.8) is 0 Å². The number of carbonyl (C=O) groups excluding carboxylic acids is 1. The predicted molar refractivity (Wildman–Crippen MR) is 100 cm³/mol. The Morgan fingerprint density at radius 1 is 0.800 bits per heavy atom. The first kappa shape index (κ1) is 16.4. The fraction of sp³-hybridized carbons (Fsp3) is 0.0500. The maximum atomic E-state index is 12.3. The molecule has 25 heavy (non-hydrogen) atoms. The summed E-state index contributed by atoms with van der Waals surface area (Å²) in [6, 6.07) is 24.5. The fourth-order valence-electron chi connectivity index (χ4n) is 2.34. The highest BCUT2D eigenvalue weighted by Crippen LogP contribution is 2.22. The van der Waals surface area contributed by atoms with Gasteiger partial charge in [-0.3, -0.25) is 15.6 Å². The summed E-state index contributed by atoms with van der Waals surface area (Å²) >= 11 is 0. The van der Waals surface area contributed by atoms with Gasteiger partial charge in [0.2, 0.25) is 0 Å². The molecule has 0 saturated heterocycles. The monoisotopic (exact) mass is 333 g/mol. The number of hydrogen-bond donors (Lipinski definition) is 3. The lowest BCUT2D eigenvalue weighted by atomic mass is 10.2. The number of rotatable bonds is 6. The van der Waals surface area contributed by atoms with E-state index in [9.17, 15) is 4.79 Å². The third-order valence-electron chi connectivity index (χ3n) is 3.63. The average molecular weight is 333 g/mol. The zero-order valence-corrected chi connectivity index (χ0v) is 13.8. The molecule has 0 saturated carbocycles. The SMILES string of the molecule is COc1ccccc1NNC(=O)c1ccc(Nc2ccccc2)cc1. The molecule has 0 aliphatic rings. The Balaban J connectivity index is 1.61. The number of nitrogens with one attached hydrogen (secondary N) is 3. The Morgan fingerprint density at radius 2 is 1.44 bits per heavy atom. The number of anilines is 3. The van der Waals surface area contributed by atoms with Crippen LogP contribution in [0.5, 0.6) is 5.75 Å². The first-order valence-electron chi connectivity index (χ1n) is 7.88. The van der Waals surface area contributed by atoms with Gasteiger partial charge in [0.1, 0.15) is 5.75 Å². The van der Waals surface area contributed by atoms with Gasteiger partial charge in [-0.15, -0.1) is 0 Å². The van der Waals surface area contributed by atoms with Crippen molar-refractivity contribution in [2.75, 3.05) is 17.9 Å². The van der Waals surface area contributed by atoms with Crippen LogP contribution < -0.4 is 20.9 Å². The first-order valence-corrected chi connectivity index (χ1v) is 7.88. The highest BCUT2D eigenvalue weighted by Gasteiger charge is 2.07. The molecular formula is C20H19N3O2. The molecule has 3 N–H and O–H groups in total. The summed E-state index contributed by atoms with van der Waals surface area (Å²) in [6.45, 7) is 0. The molecule has 5 heteroatoms. The molecule has 3 aromatic carbocycles. The van der Waals surface area contributed by atoms with Crippen LogP contribution in [0, 0.1) is 0 Å². The molecular weight excluding hydrogens is 314 g/mol. The van der Waals surface area contributed by atoms with Crippen molar-refractivity contribution in [1.29, 1.82) is 0 Å². The van der Waals surface area contributed by atoms with E-state index >= 15 is 0 Å². The summed E-state index contributed by atoms with van der Waals surface area (Å²) in [7, 11) is 1.58. The topological polar surface area (TPSA) is 62.4 Å². The van der Waals surface area contributed by atoms with Gasteiger partial charge >= 0.3 is 0 Å². The Kier molecular flexibility index (Phi) is 5.16. The van der Waals surface area contributed by atoms with Crippen molar-refractivity contribution in [2.45, 2.75) is 0 Å². The van der Waals surface area contributed by atoms with E-state index in [1.165, 1.54) is 0 Å². The number of methoxy groups -OCH3 is 1. The fourth-order valence-corrected chi connectivity index (χ4v) is 2.34. The quantitative estimate of drug-likeness (QED) is 0.592. The second-order valence-electron chi connectivity index (χ2n) is 5.35. The Bertz CT molecular complexity index is 833. The van der Waals surface area contributed by atoms with E-state index in [4.69, 9.17) is 4.74 Å². The highest BCUT2D eigenvalue weighted by atomic mass is 16.5. The van der Waals surface area contributed by atoms with Gasteiger partial charge in [-0.25, -0.2) is 0 Å². The summed E-state index contributed by atoms with van der Waals surface area (Å²) in [5.74, 6) is 0.433. The molecule has 1 amide bonds. The van der Waals surface area contributed by atoms with Crippen LogP contribution in [0.25, 0.3) is 0 Å². The zero-order valence-electron chi connectivity index (χ0n) is 13.8. The molecule has 0 aliphatic carbocycles.